The number of benzene rings is 1. The van der Waals surface area contributed by atoms with Crippen molar-refractivity contribution in [1.29, 1.82) is 0 Å². The van der Waals surface area contributed by atoms with Gasteiger partial charge in [-0.15, -0.1) is 11.3 Å². The Morgan fingerprint density at radius 1 is 1.25 bits per heavy atom. The number of sulfonamides is 1. The van der Waals surface area contributed by atoms with Gasteiger partial charge in [0.15, 0.2) is 4.21 Å². The molecule has 1 aromatic carbocycles. The molecule has 0 fully saturated rings. The first kappa shape index (κ1) is 15.5. The van der Waals surface area contributed by atoms with Crippen LogP contribution in [0.5, 0.6) is 0 Å². The Morgan fingerprint density at radius 2 is 1.90 bits per heavy atom. The lowest BCUT2D eigenvalue weighted by atomic mass is 9.99. The van der Waals surface area contributed by atoms with Crippen LogP contribution in [0.1, 0.15) is 31.7 Å². The molecule has 108 valence electrons. The van der Waals surface area contributed by atoms with Crippen molar-refractivity contribution >= 4 is 43.0 Å². The third-order valence-electron chi connectivity index (χ3n) is 3.17. The molecule has 0 radical (unpaired) electrons. The first-order valence-corrected chi connectivity index (χ1v) is 9.45. The van der Waals surface area contributed by atoms with Crippen LogP contribution in [-0.4, -0.2) is 8.42 Å². The molecule has 20 heavy (non-hydrogen) atoms. The average Bonchev–Trinajstić information content (AvgIpc) is 2.85. The summed E-state index contributed by atoms with van der Waals surface area (Å²) in [6, 6.07) is 9.28. The molecule has 0 aliphatic heterocycles. The summed E-state index contributed by atoms with van der Waals surface area (Å²) < 4.78 is 27.9. The van der Waals surface area contributed by atoms with E-state index in [0.717, 1.165) is 6.42 Å². The Kier molecular flexibility index (Phi) is 4.88. The van der Waals surface area contributed by atoms with E-state index in [-0.39, 0.29) is 0 Å². The van der Waals surface area contributed by atoms with Crippen LogP contribution in [0.15, 0.2) is 44.4 Å². The molecule has 1 N–H and O–H groups in total. The fourth-order valence-corrected chi connectivity index (χ4v) is 5.19. The summed E-state index contributed by atoms with van der Waals surface area (Å²) in [5, 5.41) is 1.74. The second-order valence-corrected chi connectivity index (χ2v) is 8.24. The highest BCUT2D eigenvalue weighted by atomic mass is 79.9. The van der Waals surface area contributed by atoms with Gasteiger partial charge < -0.3 is 0 Å². The van der Waals surface area contributed by atoms with Gasteiger partial charge in [-0.25, -0.2) is 8.42 Å². The third kappa shape index (κ3) is 3.42. The molecule has 0 saturated heterocycles. The minimum absolute atomic E-state index is 0.295. The molecule has 0 aliphatic rings. The quantitative estimate of drug-likeness (QED) is 0.815. The van der Waals surface area contributed by atoms with Gasteiger partial charge in [-0.3, -0.25) is 4.72 Å². The summed E-state index contributed by atoms with van der Waals surface area (Å²) in [5.74, 6) is 0.479. The Labute approximate surface area is 132 Å². The maximum Gasteiger partial charge on any atom is 0.272 e. The Bertz CT molecular complexity index is 677. The molecule has 0 saturated carbocycles. The predicted molar refractivity (Wildman–Crippen MR) is 88.0 cm³/mol. The zero-order valence-electron chi connectivity index (χ0n) is 11.3. The third-order valence-corrected chi connectivity index (χ3v) is 7.22. The average molecular weight is 374 g/mol. The van der Waals surface area contributed by atoms with Gasteiger partial charge in [0, 0.05) is 10.2 Å². The highest BCUT2D eigenvalue weighted by molar-refractivity contribution is 9.10. The van der Waals surface area contributed by atoms with Crippen LogP contribution in [-0.2, 0) is 10.0 Å². The number of hydrogen-bond acceptors (Lipinski definition) is 3. The number of nitrogens with one attached hydrogen (secondary N) is 1. The zero-order valence-corrected chi connectivity index (χ0v) is 14.5. The lowest BCUT2D eigenvalue weighted by molar-refractivity contribution is 0.603. The van der Waals surface area contributed by atoms with Crippen molar-refractivity contribution in [1.82, 2.24) is 0 Å². The lowest BCUT2D eigenvalue weighted by Gasteiger charge is -2.11. The van der Waals surface area contributed by atoms with Crippen molar-refractivity contribution in [2.45, 2.75) is 30.4 Å². The number of rotatable bonds is 5. The van der Waals surface area contributed by atoms with Gasteiger partial charge in [0.2, 0.25) is 0 Å². The standard InChI is InChI=1S/C14H16BrNO2S2/c1-3-10(2)11-4-6-12(7-5-11)16-20(17,18)14-13(15)8-9-19-14/h4-10,16H,3H2,1-2H3. The molecule has 2 aromatic rings. The Hall–Kier alpha value is -0.850. The monoisotopic (exact) mass is 373 g/mol. The highest BCUT2D eigenvalue weighted by Crippen LogP contribution is 2.29. The summed E-state index contributed by atoms with van der Waals surface area (Å²) in [7, 11) is -3.52. The lowest BCUT2D eigenvalue weighted by Crippen LogP contribution is -2.12. The summed E-state index contributed by atoms with van der Waals surface area (Å²) >= 11 is 4.44. The predicted octanol–water partition coefficient (Wildman–Crippen LogP) is 4.82. The molecule has 3 nitrogen and oxygen atoms in total. The van der Waals surface area contributed by atoms with Crippen LogP contribution in [0.3, 0.4) is 0 Å². The molecular weight excluding hydrogens is 358 g/mol. The number of anilines is 1. The molecule has 1 aromatic heterocycles. The van der Waals surface area contributed by atoms with E-state index in [2.05, 4.69) is 34.5 Å². The van der Waals surface area contributed by atoms with E-state index in [4.69, 9.17) is 0 Å². The molecule has 6 heteroatoms. The van der Waals surface area contributed by atoms with E-state index >= 15 is 0 Å². The molecule has 2 rings (SSSR count). The molecule has 1 unspecified atom stereocenters. The molecule has 0 spiro atoms. The van der Waals surface area contributed by atoms with Gasteiger partial charge in [0.25, 0.3) is 10.0 Å². The first-order chi connectivity index (χ1) is 9.44. The van der Waals surface area contributed by atoms with E-state index in [1.165, 1.54) is 16.9 Å². The van der Waals surface area contributed by atoms with E-state index in [1.807, 2.05) is 12.1 Å². The van der Waals surface area contributed by atoms with Gasteiger partial charge >= 0.3 is 0 Å². The smallest absolute Gasteiger partial charge is 0.272 e. The summed E-state index contributed by atoms with van der Waals surface area (Å²) in [4.78, 5) is 0. The second-order valence-electron chi connectivity index (χ2n) is 4.59. The Balaban J connectivity index is 2.20. The maximum atomic E-state index is 12.2. The van der Waals surface area contributed by atoms with Crippen molar-refractivity contribution < 1.29 is 8.42 Å². The van der Waals surface area contributed by atoms with Gasteiger partial charge in [-0.05, 0) is 57.4 Å². The van der Waals surface area contributed by atoms with Crippen molar-refractivity contribution in [3.8, 4) is 0 Å². The van der Waals surface area contributed by atoms with Crippen LogP contribution in [0.2, 0.25) is 0 Å². The molecule has 1 atom stereocenters. The molecule has 0 aliphatic carbocycles. The molecular formula is C14H16BrNO2S2. The van der Waals surface area contributed by atoms with Crippen molar-refractivity contribution in [2.24, 2.45) is 0 Å². The zero-order chi connectivity index (χ0) is 14.8. The highest BCUT2D eigenvalue weighted by Gasteiger charge is 2.19. The van der Waals surface area contributed by atoms with E-state index in [1.54, 1.807) is 23.6 Å². The van der Waals surface area contributed by atoms with Crippen molar-refractivity contribution in [2.75, 3.05) is 4.72 Å². The Morgan fingerprint density at radius 3 is 2.40 bits per heavy atom. The molecule has 1 heterocycles. The van der Waals surface area contributed by atoms with Gasteiger partial charge in [-0.1, -0.05) is 26.0 Å². The summed E-state index contributed by atoms with van der Waals surface area (Å²) in [5.41, 5.74) is 1.80. The number of hydrogen-bond donors (Lipinski definition) is 1. The topological polar surface area (TPSA) is 46.2 Å². The fraction of sp³-hybridized carbons (Fsp3) is 0.286. The minimum Gasteiger partial charge on any atom is -0.279 e. The fourth-order valence-electron chi connectivity index (χ4n) is 1.79. The SMILES string of the molecule is CCC(C)c1ccc(NS(=O)(=O)c2sccc2Br)cc1. The number of thiophene rings is 1. The van der Waals surface area contributed by atoms with Crippen LogP contribution in [0, 0.1) is 0 Å². The molecule has 0 amide bonds. The van der Waals surface area contributed by atoms with Crippen LogP contribution in [0.4, 0.5) is 5.69 Å². The van der Waals surface area contributed by atoms with Crippen LogP contribution < -0.4 is 4.72 Å². The van der Waals surface area contributed by atoms with E-state index < -0.39 is 10.0 Å². The van der Waals surface area contributed by atoms with Gasteiger partial charge in [-0.2, -0.15) is 0 Å². The van der Waals surface area contributed by atoms with Crippen LogP contribution >= 0.6 is 27.3 Å². The number of halogens is 1. The van der Waals surface area contributed by atoms with Gasteiger partial charge in [0.05, 0.1) is 0 Å². The minimum atomic E-state index is -3.52. The largest absolute Gasteiger partial charge is 0.279 e. The normalized spacial score (nSPS) is 13.2. The van der Waals surface area contributed by atoms with Crippen LogP contribution in [0.25, 0.3) is 0 Å². The van der Waals surface area contributed by atoms with Crippen molar-refractivity contribution in [3.05, 3.63) is 45.7 Å². The van der Waals surface area contributed by atoms with Crippen molar-refractivity contribution in [3.63, 3.8) is 0 Å². The van der Waals surface area contributed by atoms with Gasteiger partial charge in [0.1, 0.15) is 0 Å². The maximum absolute atomic E-state index is 12.2. The molecule has 0 bridgehead atoms. The van der Waals surface area contributed by atoms with E-state index in [9.17, 15) is 8.42 Å². The van der Waals surface area contributed by atoms with E-state index in [0.29, 0.717) is 20.3 Å². The first-order valence-electron chi connectivity index (χ1n) is 6.30. The summed E-state index contributed by atoms with van der Waals surface area (Å²) in [6.45, 7) is 4.29. The second kappa shape index (κ2) is 6.28. The summed E-state index contributed by atoms with van der Waals surface area (Å²) in [6.07, 6.45) is 1.06.